The summed E-state index contributed by atoms with van der Waals surface area (Å²) >= 11 is 7.40. The van der Waals surface area contributed by atoms with Crippen LogP contribution in [0.5, 0.6) is 0 Å². The number of thioether (sulfide) groups is 1. The van der Waals surface area contributed by atoms with E-state index in [1.807, 2.05) is 12.1 Å². The SMILES string of the molecule is CC(C)CSc1nc2ccccc2c(=O)n1-c1ccc(F)c(Cl)c1. The van der Waals surface area contributed by atoms with Gasteiger partial charge in [-0.2, -0.15) is 0 Å². The highest BCUT2D eigenvalue weighted by Gasteiger charge is 2.14. The third-order valence-electron chi connectivity index (χ3n) is 3.45. The van der Waals surface area contributed by atoms with Crippen LogP contribution in [-0.4, -0.2) is 15.3 Å². The maximum absolute atomic E-state index is 13.5. The molecule has 1 aromatic heterocycles. The maximum Gasteiger partial charge on any atom is 0.266 e. The van der Waals surface area contributed by atoms with Crippen molar-refractivity contribution in [2.24, 2.45) is 5.92 Å². The third-order valence-corrected chi connectivity index (χ3v) is 5.11. The summed E-state index contributed by atoms with van der Waals surface area (Å²) in [6.07, 6.45) is 0. The number of fused-ring (bicyclic) bond motifs is 1. The van der Waals surface area contributed by atoms with Gasteiger partial charge in [0, 0.05) is 5.75 Å². The number of rotatable bonds is 4. The molecule has 0 bridgehead atoms. The summed E-state index contributed by atoms with van der Waals surface area (Å²) in [6, 6.07) is 11.5. The van der Waals surface area contributed by atoms with Crippen LogP contribution in [0.1, 0.15) is 13.8 Å². The zero-order valence-electron chi connectivity index (χ0n) is 13.3. The summed E-state index contributed by atoms with van der Waals surface area (Å²) in [4.78, 5) is 17.6. The lowest BCUT2D eigenvalue weighted by molar-refractivity contribution is 0.627. The molecule has 0 aliphatic heterocycles. The quantitative estimate of drug-likeness (QED) is 0.487. The topological polar surface area (TPSA) is 34.9 Å². The fourth-order valence-corrected chi connectivity index (χ4v) is 3.44. The molecule has 2 aromatic carbocycles. The van der Waals surface area contributed by atoms with Gasteiger partial charge >= 0.3 is 0 Å². The highest BCUT2D eigenvalue weighted by atomic mass is 35.5. The van der Waals surface area contributed by atoms with E-state index in [1.165, 1.54) is 28.5 Å². The van der Waals surface area contributed by atoms with Gasteiger partial charge in [0.25, 0.3) is 5.56 Å². The Labute approximate surface area is 148 Å². The third kappa shape index (κ3) is 3.32. The van der Waals surface area contributed by atoms with Crippen molar-refractivity contribution in [1.82, 2.24) is 9.55 Å². The van der Waals surface area contributed by atoms with Gasteiger partial charge in [0.15, 0.2) is 5.16 Å². The van der Waals surface area contributed by atoms with Crippen LogP contribution in [0, 0.1) is 11.7 Å². The molecule has 0 aliphatic carbocycles. The molecule has 0 spiro atoms. The van der Waals surface area contributed by atoms with Crippen LogP contribution in [0.4, 0.5) is 4.39 Å². The predicted octanol–water partition coefficient (Wildman–Crippen LogP) is 4.93. The molecule has 0 amide bonds. The van der Waals surface area contributed by atoms with Crippen molar-refractivity contribution in [2.75, 3.05) is 5.75 Å². The lowest BCUT2D eigenvalue weighted by atomic mass is 10.2. The molecule has 0 N–H and O–H groups in total. The van der Waals surface area contributed by atoms with E-state index < -0.39 is 5.82 Å². The first-order valence-corrected chi connectivity index (χ1v) is 8.93. The molecule has 1 heterocycles. The molecule has 6 heteroatoms. The highest BCUT2D eigenvalue weighted by Crippen LogP contribution is 2.25. The van der Waals surface area contributed by atoms with Crippen LogP contribution in [0.15, 0.2) is 52.4 Å². The van der Waals surface area contributed by atoms with E-state index in [2.05, 4.69) is 18.8 Å². The fourth-order valence-electron chi connectivity index (χ4n) is 2.30. The molecule has 3 nitrogen and oxygen atoms in total. The Morgan fingerprint density at radius 2 is 2.00 bits per heavy atom. The van der Waals surface area contributed by atoms with Crippen molar-refractivity contribution in [2.45, 2.75) is 19.0 Å². The summed E-state index contributed by atoms with van der Waals surface area (Å²) in [6.45, 7) is 4.20. The van der Waals surface area contributed by atoms with Gasteiger partial charge in [-0.3, -0.25) is 9.36 Å². The molecule has 0 fully saturated rings. The van der Waals surface area contributed by atoms with Crippen LogP contribution < -0.4 is 5.56 Å². The van der Waals surface area contributed by atoms with E-state index in [4.69, 9.17) is 11.6 Å². The molecule has 0 atom stereocenters. The second-order valence-corrected chi connectivity index (χ2v) is 7.25. The Hall–Kier alpha value is -1.85. The van der Waals surface area contributed by atoms with E-state index in [9.17, 15) is 9.18 Å². The number of halogens is 2. The highest BCUT2D eigenvalue weighted by molar-refractivity contribution is 7.99. The van der Waals surface area contributed by atoms with Gasteiger partial charge in [-0.15, -0.1) is 0 Å². The van der Waals surface area contributed by atoms with Gasteiger partial charge in [-0.25, -0.2) is 9.37 Å². The second-order valence-electron chi connectivity index (χ2n) is 5.86. The van der Waals surface area contributed by atoms with Crippen LogP contribution in [0.2, 0.25) is 5.02 Å². The van der Waals surface area contributed by atoms with Gasteiger partial charge < -0.3 is 0 Å². The molecule has 3 rings (SSSR count). The molecule has 124 valence electrons. The van der Waals surface area contributed by atoms with E-state index in [0.29, 0.717) is 27.7 Å². The van der Waals surface area contributed by atoms with Gasteiger partial charge in [0.05, 0.1) is 21.6 Å². The normalized spacial score (nSPS) is 11.4. The smallest absolute Gasteiger partial charge is 0.266 e. The van der Waals surface area contributed by atoms with Gasteiger partial charge in [0.1, 0.15) is 5.82 Å². The average Bonchev–Trinajstić information content (AvgIpc) is 2.56. The minimum Gasteiger partial charge on any atom is -0.268 e. The zero-order valence-corrected chi connectivity index (χ0v) is 14.9. The summed E-state index contributed by atoms with van der Waals surface area (Å²) in [5.41, 5.74) is 0.976. The largest absolute Gasteiger partial charge is 0.268 e. The minimum atomic E-state index is -0.515. The molecule has 0 saturated heterocycles. The predicted molar refractivity (Wildman–Crippen MR) is 97.9 cm³/mol. The van der Waals surface area contributed by atoms with Crippen LogP contribution in [0.25, 0.3) is 16.6 Å². The molecule has 0 aliphatic rings. The van der Waals surface area contributed by atoms with Crippen LogP contribution in [-0.2, 0) is 0 Å². The standard InChI is InChI=1S/C18H16ClFN2OS/c1-11(2)10-24-18-21-16-6-4-3-5-13(16)17(23)22(18)12-7-8-15(20)14(19)9-12/h3-9,11H,10H2,1-2H3. The minimum absolute atomic E-state index is 0.0210. The molecular weight excluding hydrogens is 347 g/mol. The van der Waals surface area contributed by atoms with Crippen LogP contribution >= 0.6 is 23.4 Å². The molecule has 0 radical (unpaired) electrons. The van der Waals surface area contributed by atoms with E-state index in [0.717, 1.165) is 5.75 Å². The number of nitrogens with zero attached hydrogens (tertiary/aromatic N) is 2. The summed E-state index contributed by atoms with van der Waals surface area (Å²) in [7, 11) is 0. The van der Waals surface area contributed by atoms with Crippen molar-refractivity contribution < 1.29 is 4.39 Å². The van der Waals surface area contributed by atoms with E-state index in [-0.39, 0.29) is 10.6 Å². The lowest BCUT2D eigenvalue weighted by Gasteiger charge is -2.14. The van der Waals surface area contributed by atoms with Gasteiger partial charge in [-0.05, 0) is 36.2 Å². The van der Waals surface area contributed by atoms with Gasteiger partial charge in [-0.1, -0.05) is 49.3 Å². The first kappa shape index (κ1) is 17.0. The first-order valence-electron chi connectivity index (χ1n) is 7.57. The Bertz CT molecular complexity index is 955. The Morgan fingerprint density at radius 1 is 1.25 bits per heavy atom. The summed E-state index contributed by atoms with van der Waals surface area (Å²) in [5.74, 6) is 0.752. The van der Waals surface area contributed by atoms with Crippen molar-refractivity contribution >= 4 is 34.3 Å². The molecule has 24 heavy (non-hydrogen) atoms. The van der Waals surface area contributed by atoms with Crippen molar-refractivity contribution in [3.05, 3.63) is 63.7 Å². The van der Waals surface area contributed by atoms with E-state index >= 15 is 0 Å². The maximum atomic E-state index is 13.5. The number of hydrogen-bond donors (Lipinski definition) is 0. The van der Waals surface area contributed by atoms with Crippen LogP contribution in [0.3, 0.4) is 0 Å². The summed E-state index contributed by atoms with van der Waals surface area (Å²) < 4.78 is 15.0. The molecule has 0 saturated carbocycles. The van der Waals surface area contributed by atoms with Crippen molar-refractivity contribution in [3.8, 4) is 5.69 Å². The molecule has 3 aromatic rings. The first-order chi connectivity index (χ1) is 11.5. The van der Waals surface area contributed by atoms with Crippen molar-refractivity contribution in [3.63, 3.8) is 0 Å². The Morgan fingerprint density at radius 3 is 2.71 bits per heavy atom. The van der Waals surface area contributed by atoms with Gasteiger partial charge in [0.2, 0.25) is 0 Å². The van der Waals surface area contributed by atoms with Crippen molar-refractivity contribution in [1.29, 1.82) is 0 Å². The fraction of sp³-hybridized carbons (Fsp3) is 0.222. The molecular formula is C18H16ClFN2OS. The summed E-state index contributed by atoms with van der Waals surface area (Å²) in [5, 5.41) is 1.08. The lowest BCUT2D eigenvalue weighted by Crippen LogP contribution is -2.22. The Kier molecular flexibility index (Phi) is 4.92. The monoisotopic (exact) mass is 362 g/mol. The second kappa shape index (κ2) is 6.95. The number of aromatic nitrogens is 2. The zero-order chi connectivity index (χ0) is 17.3. The molecule has 0 unspecified atom stereocenters. The number of benzene rings is 2. The average molecular weight is 363 g/mol. The number of para-hydroxylation sites is 1. The number of hydrogen-bond acceptors (Lipinski definition) is 3. The Balaban J connectivity index is 2.26. The van der Waals surface area contributed by atoms with E-state index in [1.54, 1.807) is 18.2 Å².